The van der Waals surface area contributed by atoms with E-state index < -0.39 is 15.6 Å². The number of carbonyl (C=O) groups is 1. The molecule has 1 atom stereocenters. The molecule has 1 aliphatic rings. The molecule has 154 valence electrons. The fraction of sp³-hybridized carbons (Fsp3) is 0.588. The minimum atomic E-state index is -3.78. The normalized spacial score (nSPS) is 19.4. The van der Waals surface area contributed by atoms with E-state index in [2.05, 4.69) is 10.0 Å². The summed E-state index contributed by atoms with van der Waals surface area (Å²) in [7, 11) is 2.45. The molecule has 1 amide bonds. The van der Waals surface area contributed by atoms with Crippen LogP contribution in [0.1, 0.15) is 23.2 Å². The van der Waals surface area contributed by atoms with Crippen LogP contribution >= 0.6 is 12.4 Å². The number of nitrogens with one attached hydrogen (secondary N) is 2. The molecule has 0 spiro atoms. The third-order valence-electron chi connectivity index (χ3n) is 4.47. The molecule has 27 heavy (non-hydrogen) atoms. The number of sulfonamides is 1. The lowest BCUT2D eigenvalue weighted by molar-refractivity contribution is 0.0824. The predicted octanol–water partition coefficient (Wildman–Crippen LogP) is 0.866. The molecule has 0 aromatic heterocycles. The second kappa shape index (κ2) is 9.70. The van der Waals surface area contributed by atoms with E-state index in [4.69, 9.17) is 9.47 Å². The van der Waals surface area contributed by atoms with Crippen molar-refractivity contribution in [3.05, 3.63) is 23.8 Å². The van der Waals surface area contributed by atoms with Crippen LogP contribution in [0.4, 0.5) is 0 Å². The number of benzene rings is 1. The number of halogens is 1. The number of amides is 1. The van der Waals surface area contributed by atoms with Gasteiger partial charge in [-0.1, -0.05) is 0 Å². The Hall–Kier alpha value is -1.39. The maximum atomic E-state index is 12.7. The predicted molar refractivity (Wildman–Crippen MR) is 105 cm³/mol. The quantitative estimate of drug-likeness (QED) is 0.646. The van der Waals surface area contributed by atoms with E-state index in [1.807, 2.05) is 0 Å². The Morgan fingerprint density at radius 1 is 1.33 bits per heavy atom. The van der Waals surface area contributed by atoms with E-state index in [1.54, 1.807) is 21.2 Å². The molecule has 1 fully saturated rings. The van der Waals surface area contributed by atoms with Crippen molar-refractivity contribution in [1.82, 2.24) is 14.9 Å². The van der Waals surface area contributed by atoms with Crippen molar-refractivity contribution in [2.24, 2.45) is 0 Å². The van der Waals surface area contributed by atoms with Gasteiger partial charge in [0.25, 0.3) is 5.91 Å². The lowest BCUT2D eigenvalue weighted by Gasteiger charge is -2.28. The highest BCUT2D eigenvalue weighted by Crippen LogP contribution is 2.24. The fourth-order valence-electron chi connectivity index (χ4n) is 3.05. The van der Waals surface area contributed by atoms with Crippen LogP contribution in [0.2, 0.25) is 0 Å². The highest BCUT2D eigenvalue weighted by atomic mass is 35.5. The largest absolute Gasteiger partial charge is 0.496 e. The van der Waals surface area contributed by atoms with E-state index in [1.165, 1.54) is 30.2 Å². The zero-order valence-electron chi connectivity index (χ0n) is 16.1. The van der Waals surface area contributed by atoms with Crippen LogP contribution in [0.3, 0.4) is 0 Å². The van der Waals surface area contributed by atoms with Gasteiger partial charge in [0.2, 0.25) is 10.0 Å². The highest BCUT2D eigenvalue weighted by Gasteiger charge is 2.35. The highest BCUT2D eigenvalue weighted by molar-refractivity contribution is 7.89. The van der Waals surface area contributed by atoms with Crippen LogP contribution < -0.4 is 14.8 Å². The van der Waals surface area contributed by atoms with E-state index in [-0.39, 0.29) is 35.3 Å². The molecule has 10 heteroatoms. The zero-order valence-corrected chi connectivity index (χ0v) is 17.7. The molecule has 0 saturated carbocycles. The zero-order chi connectivity index (χ0) is 19.4. The minimum Gasteiger partial charge on any atom is -0.496 e. The van der Waals surface area contributed by atoms with Gasteiger partial charge in [-0.25, -0.2) is 13.1 Å². The van der Waals surface area contributed by atoms with Gasteiger partial charge in [-0.05, 0) is 37.6 Å². The summed E-state index contributed by atoms with van der Waals surface area (Å²) in [5.41, 5.74) is -0.206. The number of hydrogen-bond donors (Lipinski definition) is 2. The monoisotopic (exact) mass is 421 g/mol. The summed E-state index contributed by atoms with van der Waals surface area (Å²) in [6.07, 6.45) is 1.80. The van der Waals surface area contributed by atoms with Crippen molar-refractivity contribution in [2.75, 3.05) is 48.0 Å². The second-order valence-electron chi connectivity index (χ2n) is 6.63. The first kappa shape index (κ1) is 23.6. The smallest absolute Gasteiger partial charge is 0.257 e. The van der Waals surface area contributed by atoms with Gasteiger partial charge in [-0.2, -0.15) is 0 Å². The summed E-state index contributed by atoms with van der Waals surface area (Å²) >= 11 is 0. The minimum absolute atomic E-state index is 0. The molecular weight excluding hydrogens is 394 g/mol. The Morgan fingerprint density at radius 2 is 2.04 bits per heavy atom. The molecule has 1 aromatic carbocycles. The lowest BCUT2D eigenvalue weighted by Crippen LogP contribution is -2.52. The van der Waals surface area contributed by atoms with E-state index in [9.17, 15) is 13.2 Å². The molecule has 1 aromatic rings. The molecule has 1 unspecified atom stereocenters. The summed E-state index contributed by atoms with van der Waals surface area (Å²) in [5.74, 6) is 0.00294. The number of methoxy groups -OCH3 is 2. The summed E-state index contributed by atoms with van der Waals surface area (Å²) in [6, 6.07) is 4.26. The number of rotatable bonds is 8. The molecule has 0 bridgehead atoms. The third-order valence-corrected chi connectivity index (χ3v) is 5.87. The number of ether oxygens (including phenoxy) is 2. The molecule has 0 aliphatic carbocycles. The van der Waals surface area contributed by atoms with Crippen molar-refractivity contribution in [1.29, 1.82) is 0 Å². The van der Waals surface area contributed by atoms with Gasteiger partial charge < -0.3 is 19.7 Å². The molecule has 8 nitrogen and oxygen atoms in total. The average molecular weight is 422 g/mol. The first-order valence-corrected chi connectivity index (χ1v) is 9.86. The van der Waals surface area contributed by atoms with Crippen molar-refractivity contribution in [3.63, 3.8) is 0 Å². The van der Waals surface area contributed by atoms with E-state index >= 15 is 0 Å². The summed E-state index contributed by atoms with van der Waals surface area (Å²) in [4.78, 5) is 13.7. The van der Waals surface area contributed by atoms with Crippen LogP contribution in [-0.4, -0.2) is 72.8 Å². The van der Waals surface area contributed by atoms with Gasteiger partial charge in [-0.3, -0.25) is 4.79 Å². The molecule has 2 rings (SSSR count). The number of nitrogens with zero attached hydrogens (tertiary/aromatic N) is 1. The van der Waals surface area contributed by atoms with E-state index in [0.717, 1.165) is 19.4 Å². The molecule has 1 heterocycles. The molecule has 2 N–H and O–H groups in total. The average Bonchev–Trinajstić information content (AvgIpc) is 3.08. The maximum absolute atomic E-state index is 12.7. The summed E-state index contributed by atoms with van der Waals surface area (Å²) < 4.78 is 38.5. The van der Waals surface area contributed by atoms with Crippen LogP contribution in [-0.2, 0) is 14.8 Å². The van der Waals surface area contributed by atoms with Gasteiger partial charge in [0.1, 0.15) is 5.75 Å². The van der Waals surface area contributed by atoms with Crippen molar-refractivity contribution in [3.8, 4) is 5.75 Å². The first-order chi connectivity index (χ1) is 12.2. The van der Waals surface area contributed by atoms with Gasteiger partial charge in [0, 0.05) is 27.7 Å². The third kappa shape index (κ3) is 5.55. The Bertz CT molecular complexity index is 749. The van der Waals surface area contributed by atoms with Crippen LogP contribution in [0.25, 0.3) is 0 Å². The van der Waals surface area contributed by atoms with Gasteiger partial charge in [0.15, 0.2) is 0 Å². The number of carbonyl (C=O) groups excluding carboxylic acids is 1. The Kier molecular flexibility index (Phi) is 8.49. The van der Waals surface area contributed by atoms with Gasteiger partial charge >= 0.3 is 0 Å². The van der Waals surface area contributed by atoms with Crippen LogP contribution in [0.5, 0.6) is 5.75 Å². The standard InChI is InChI=1S/C17H27N3O5S.ClH/c1-20(2)16(21)14-10-13(6-7-15(14)25-4)26(22,23)19-11-17(12-24-3)8-5-9-18-17;/h6-7,10,18-19H,5,8-9,11-12H2,1-4H3;1H. The molecule has 1 saturated heterocycles. The topological polar surface area (TPSA) is 97.0 Å². The van der Waals surface area contributed by atoms with Gasteiger partial charge in [-0.15, -0.1) is 12.4 Å². The van der Waals surface area contributed by atoms with Crippen molar-refractivity contribution >= 4 is 28.3 Å². The Morgan fingerprint density at radius 3 is 2.56 bits per heavy atom. The van der Waals surface area contributed by atoms with Crippen LogP contribution in [0.15, 0.2) is 23.1 Å². The maximum Gasteiger partial charge on any atom is 0.257 e. The number of hydrogen-bond acceptors (Lipinski definition) is 6. The van der Waals surface area contributed by atoms with Crippen molar-refractivity contribution in [2.45, 2.75) is 23.3 Å². The van der Waals surface area contributed by atoms with E-state index in [0.29, 0.717) is 12.4 Å². The van der Waals surface area contributed by atoms with Crippen LogP contribution in [0, 0.1) is 0 Å². The van der Waals surface area contributed by atoms with Crippen molar-refractivity contribution < 1.29 is 22.7 Å². The fourth-order valence-corrected chi connectivity index (χ4v) is 4.20. The Balaban J connectivity index is 0.00000364. The summed E-state index contributed by atoms with van der Waals surface area (Å²) in [5, 5.41) is 3.33. The first-order valence-electron chi connectivity index (χ1n) is 8.38. The molecule has 1 aliphatic heterocycles. The SMILES string of the molecule is COCC1(CNS(=O)(=O)c2ccc(OC)c(C(=O)N(C)C)c2)CCCN1.Cl. The van der Waals surface area contributed by atoms with Gasteiger partial charge in [0.05, 0.1) is 29.7 Å². The second-order valence-corrected chi connectivity index (χ2v) is 8.40. The molecule has 0 radical (unpaired) electrons. The molecular formula is C17H28ClN3O5S. The Labute approximate surface area is 167 Å². The summed E-state index contributed by atoms with van der Waals surface area (Å²) in [6.45, 7) is 1.46. The lowest BCUT2D eigenvalue weighted by atomic mass is 9.99.